The van der Waals surface area contributed by atoms with E-state index in [1.807, 2.05) is 60.7 Å². The number of nitrogens with zero attached hydrogens (tertiary/aromatic N) is 8. The van der Waals surface area contributed by atoms with Crippen LogP contribution < -0.4 is 42.9 Å². The Morgan fingerprint density at radius 1 is 0.275 bits per heavy atom. The van der Waals surface area contributed by atoms with Gasteiger partial charge in [0.25, 0.3) is 0 Å². The van der Waals surface area contributed by atoms with Crippen LogP contribution in [0.15, 0.2) is 149 Å². The van der Waals surface area contributed by atoms with Crippen molar-refractivity contribution in [3.8, 4) is 22.3 Å². The van der Waals surface area contributed by atoms with Crippen LogP contribution in [0.3, 0.4) is 0 Å². The van der Waals surface area contributed by atoms with Gasteiger partial charge in [-0.2, -0.15) is 0 Å². The van der Waals surface area contributed by atoms with E-state index in [2.05, 4.69) is 68.5 Å². The third kappa shape index (κ3) is 3.19. The van der Waals surface area contributed by atoms with Crippen LogP contribution in [0.4, 0.5) is 0 Å². The summed E-state index contributed by atoms with van der Waals surface area (Å²) in [6, 6.07) is 36.2. The monoisotopic (exact) mass is 514 g/mol. The van der Waals surface area contributed by atoms with Gasteiger partial charge in [0.15, 0.2) is 0 Å². The summed E-state index contributed by atoms with van der Waals surface area (Å²) in [6.07, 6.45) is 0. The van der Waals surface area contributed by atoms with Gasteiger partial charge in [-0.25, -0.2) is 39.9 Å². The fourth-order valence-corrected chi connectivity index (χ4v) is 5.53. The van der Waals surface area contributed by atoms with Crippen molar-refractivity contribution < 1.29 is 0 Å². The Labute approximate surface area is 226 Å². The van der Waals surface area contributed by atoms with Crippen molar-refractivity contribution in [3.63, 3.8) is 0 Å². The van der Waals surface area contributed by atoms with Crippen molar-refractivity contribution in [2.75, 3.05) is 0 Å². The highest BCUT2D eigenvalue weighted by molar-refractivity contribution is 5.70. The van der Waals surface area contributed by atoms with Crippen LogP contribution in [0.5, 0.6) is 0 Å². The van der Waals surface area contributed by atoms with E-state index in [4.69, 9.17) is 20.0 Å². The highest BCUT2D eigenvalue weighted by atomic mass is 15.4. The van der Waals surface area contributed by atoms with E-state index in [1.165, 1.54) is 0 Å². The second-order valence-electron chi connectivity index (χ2n) is 10.1. The molecule has 0 bridgehead atoms. The van der Waals surface area contributed by atoms with Crippen LogP contribution in [0.2, 0.25) is 0 Å². The van der Waals surface area contributed by atoms with Gasteiger partial charge in [-0.05, 0) is 70.8 Å². The Kier molecular flexibility index (Phi) is 4.04. The first-order valence-corrected chi connectivity index (χ1v) is 13.0. The first-order valence-electron chi connectivity index (χ1n) is 13.0. The summed E-state index contributed by atoms with van der Waals surface area (Å²) in [6.45, 7) is 0. The minimum atomic E-state index is -1.13. The average Bonchev–Trinajstić information content (AvgIpc) is 3.72. The first-order chi connectivity index (χ1) is 19.6. The lowest BCUT2D eigenvalue weighted by Gasteiger charge is -2.06. The quantitative estimate of drug-likeness (QED) is 0.331. The molecule has 186 valence electrons. The molecule has 0 saturated heterocycles. The zero-order valence-electron chi connectivity index (χ0n) is 21.0. The maximum atomic E-state index is 4.79. The molecular formula is C32H18N8. The average molecular weight is 515 g/mol. The zero-order chi connectivity index (χ0) is 26.3. The molecule has 8 nitrogen and oxygen atoms in total. The van der Waals surface area contributed by atoms with Gasteiger partial charge in [0, 0.05) is 0 Å². The molecule has 0 saturated carbocycles. The summed E-state index contributed by atoms with van der Waals surface area (Å²) in [5, 5.41) is 6.47. The standard InChI is InChI=1S/C32H18N8/c1-2-6-24-23(5-1)33-31(34-24)37-27-15-13-21(17-29(27)39-31)19-9-11-20(12-10-19)22-14-16-28-30(18-22)40-32(38-28)35-25-7-3-4-8-26(25)36-32/h1-18H. The van der Waals surface area contributed by atoms with Crippen LogP contribution >= 0.6 is 0 Å². The molecule has 0 fully saturated rings. The molecule has 0 unspecified atom stereocenters. The lowest BCUT2D eigenvalue weighted by atomic mass is 10.00. The summed E-state index contributed by atoms with van der Waals surface area (Å²) in [5.74, 6) is -2.25. The van der Waals surface area contributed by atoms with Gasteiger partial charge >= 0.3 is 11.8 Å². The molecule has 8 heteroatoms. The van der Waals surface area contributed by atoms with Gasteiger partial charge in [-0.3, -0.25) is 0 Å². The van der Waals surface area contributed by atoms with Crippen LogP contribution in [0.1, 0.15) is 0 Å². The van der Waals surface area contributed by atoms with Gasteiger partial charge in [0.1, 0.15) is 0 Å². The molecule has 9 rings (SSSR count). The molecule has 5 aromatic carbocycles. The second kappa shape index (κ2) is 7.54. The SMILES string of the molecule is c1ccc2c(c1)=NC1(N=2)N=c2ccc(-c3ccc(-c4ccc5c(c4)=NC4(N=c6ccccc6=N4)N=5)cc3)cc2=N1. The van der Waals surface area contributed by atoms with Crippen molar-refractivity contribution >= 4 is 0 Å². The molecule has 0 amide bonds. The van der Waals surface area contributed by atoms with E-state index >= 15 is 0 Å². The molecule has 2 spiro atoms. The van der Waals surface area contributed by atoms with Gasteiger partial charge in [0.2, 0.25) is 0 Å². The van der Waals surface area contributed by atoms with Crippen molar-refractivity contribution in [1.82, 2.24) is 0 Å². The molecule has 0 radical (unpaired) electrons. The maximum Gasteiger partial charge on any atom is 0.351 e. The fourth-order valence-electron chi connectivity index (χ4n) is 5.53. The molecule has 0 aliphatic carbocycles. The third-order valence-electron chi connectivity index (χ3n) is 7.43. The fraction of sp³-hybridized carbons (Fsp3) is 0.0625. The summed E-state index contributed by atoms with van der Waals surface area (Å²) >= 11 is 0. The minimum Gasteiger partial charge on any atom is -0.210 e. The predicted molar refractivity (Wildman–Crippen MR) is 145 cm³/mol. The number of para-hydroxylation sites is 4. The zero-order valence-corrected chi connectivity index (χ0v) is 21.0. The lowest BCUT2D eigenvalue weighted by Crippen LogP contribution is -2.21. The van der Waals surface area contributed by atoms with Gasteiger partial charge in [-0.15, -0.1) is 0 Å². The summed E-state index contributed by atoms with van der Waals surface area (Å²) in [7, 11) is 0. The van der Waals surface area contributed by atoms with Crippen molar-refractivity contribution in [2.45, 2.75) is 11.8 Å². The predicted octanol–water partition coefficient (Wildman–Crippen LogP) is 0.655. The van der Waals surface area contributed by atoms with Crippen LogP contribution in [-0.2, 0) is 0 Å². The smallest absolute Gasteiger partial charge is 0.210 e. The van der Waals surface area contributed by atoms with E-state index in [1.54, 1.807) is 0 Å². The maximum absolute atomic E-state index is 4.79. The largest absolute Gasteiger partial charge is 0.351 e. The Bertz CT molecular complexity index is 2200. The number of fused-ring (bicyclic) bond motifs is 4. The van der Waals surface area contributed by atoms with Crippen molar-refractivity contribution in [1.29, 1.82) is 0 Å². The van der Waals surface area contributed by atoms with E-state index in [-0.39, 0.29) is 0 Å². The first kappa shape index (κ1) is 21.4. The summed E-state index contributed by atoms with van der Waals surface area (Å²) in [4.78, 5) is 37.7. The lowest BCUT2D eigenvalue weighted by molar-refractivity contribution is 0.490. The Balaban J connectivity index is 1.04. The molecule has 40 heavy (non-hydrogen) atoms. The van der Waals surface area contributed by atoms with Gasteiger partial charge in [0.05, 0.1) is 42.9 Å². The van der Waals surface area contributed by atoms with E-state index in [0.717, 1.165) is 65.1 Å². The van der Waals surface area contributed by atoms with Gasteiger partial charge in [-0.1, -0.05) is 60.7 Å². The van der Waals surface area contributed by atoms with E-state index < -0.39 is 11.8 Å². The molecule has 4 aliphatic heterocycles. The van der Waals surface area contributed by atoms with Crippen LogP contribution in [-0.4, -0.2) is 11.8 Å². The van der Waals surface area contributed by atoms with E-state index in [9.17, 15) is 0 Å². The molecule has 4 heterocycles. The molecule has 5 aromatic rings. The summed E-state index contributed by atoms with van der Waals surface area (Å²) < 4.78 is 0. The minimum absolute atomic E-state index is 0.796. The van der Waals surface area contributed by atoms with E-state index in [0.29, 0.717) is 0 Å². The second-order valence-corrected chi connectivity index (χ2v) is 10.1. The Hall–Kier alpha value is -5.50. The van der Waals surface area contributed by atoms with Crippen LogP contribution in [0.25, 0.3) is 22.3 Å². The number of hydrogen-bond donors (Lipinski definition) is 0. The molecule has 0 atom stereocenters. The third-order valence-corrected chi connectivity index (χ3v) is 7.43. The Morgan fingerprint density at radius 2 is 0.550 bits per heavy atom. The Morgan fingerprint density at radius 3 is 0.900 bits per heavy atom. The van der Waals surface area contributed by atoms with Crippen LogP contribution in [0, 0.1) is 0 Å². The van der Waals surface area contributed by atoms with Gasteiger partial charge < -0.3 is 0 Å². The highest BCUT2D eigenvalue weighted by Gasteiger charge is 2.33. The molecule has 0 aromatic heterocycles. The molecule has 0 N–H and O–H groups in total. The molecule has 4 aliphatic rings. The number of benzene rings is 5. The highest BCUT2D eigenvalue weighted by Crippen LogP contribution is 2.25. The number of rotatable bonds is 2. The molecular weight excluding hydrogens is 496 g/mol. The summed E-state index contributed by atoms with van der Waals surface area (Å²) in [5.41, 5.74) is 4.30. The normalized spacial score (nSPS) is 17.0. The van der Waals surface area contributed by atoms with Crippen molar-refractivity contribution in [2.24, 2.45) is 39.9 Å². The van der Waals surface area contributed by atoms with Crippen molar-refractivity contribution in [3.05, 3.63) is 152 Å². The topological polar surface area (TPSA) is 98.9 Å². The number of hydrogen-bond acceptors (Lipinski definition) is 8.